The highest BCUT2D eigenvalue weighted by Gasteiger charge is 2.24. The SMILES string of the molecule is CCCN(Cc1ccccc1OCC)CC1CC1. The summed E-state index contributed by atoms with van der Waals surface area (Å²) in [6, 6.07) is 8.44. The summed E-state index contributed by atoms with van der Waals surface area (Å²) in [5.41, 5.74) is 1.33. The van der Waals surface area contributed by atoms with E-state index in [0.29, 0.717) is 0 Å². The van der Waals surface area contributed by atoms with Gasteiger partial charge in [0, 0.05) is 18.7 Å². The quantitative estimate of drug-likeness (QED) is 0.694. The van der Waals surface area contributed by atoms with Gasteiger partial charge in [-0.3, -0.25) is 4.90 Å². The molecule has 0 aliphatic heterocycles. The average molecular weight is 247 g/mol. The van der Waals surface area contributed by atoms with E-state index in [1.807, 2.05) is 6.92 Å². The second-order valence-corrected chi connectivity index (χ2v) is 5.22. The van der Waals surface area contributed by atoms with Crippen LogP contribution >= 0.6 is 0 Å². The summed E-state index contributed by atoms with van der Waals surface area (Å²) in [5.74, 6) is 2.01. The van der Waals surface area contributed by atoms with Gasteiger partial charge >= 0.3 is 0 Å². The maximum absolute atomic E-state index is 5.71. The summed E-state index contributed by atoms with van der Waals surface area (Å²) >= 11 is 0. The second kappa shape index (κ2) is 6.79. The molecular formula is C16H25NO. The highest BCUT2D eigenvalue weighted by molar-refractivity contribution is 5.33. The molecule has 0 spiro atoms. The first-order valence-electron chi connectivity index (χ1n) is 7.26. The standard InChI is InChI=1S/C16H25NO/c1-3-11-17(12-14-9-10-14)13-15-7-5-6-8-16(15)18-4-2/h5-8,14H,3-4,9-13H2,1-2H3. The normalized spacial score (nSPS) is 15.1. The average Bonchev–Trinajstić information content (AvgIpc) is 3.16. The van der Waals surface area contributed by atoms with Crippen molar-refractivity contribution in [3.05, 3.63) is 29.8 Å². The van der Waals surface area contributed by atoms with Crippen LogP contribution in [0.5, 0.6) is 5.75 Å². The number of rotatable bonds is 8. The van der Waals surface area contributed by atoms with Gasteiger partial charge in [-0.05, 0) is 44.7 Å². The van der Waals surface area contributed by atoms with E-state index >= 15 is 0 Å². The Morgan fingerprint density at radius 1 is 1.22 bits per heavy atom. The first kappa shape index (κ1) is 13.4. The molecule has 0 saturated heterocycles. The van der Waals surface area contributed by atoms with Crippen LogP contribution in [0.1, 0.15) is 38.7 Å². The van der Waals surface area contributed by atoms with Crippen LogP contribution in [-0.4, -0.2) is 24.6 Å². The number of hydrogen-bond donors (Lipinski definition) is 0. The zero-order chi connectivity index (χ0) is 12.8. The van der Waals surface area contributed by atoms with Crippen LogP contribution in [0.2, 0.25) is 0 Å². The zero-order valence-electron chi connectivity index (χ0n) is 11.7. The lowest BCUT2D eigenvalue weighted by molar-refractivity contribution is 0.248. The molecule has 0 heterocycles. The molecule has 0 unspecified atom stereocenters. The Hall–Kier alpha value is -1.02. The van der Waals surface area contributed by atoms with E-state index in [1.54, 1.807) is 0 Å². The van der Waals surface area contributed by atoms with Crippen molar-refractivity contribution in [2.75, 3.05) is 19.7 Å². The molecule has 2 nitrogen and oxygen atoms in total. The van der Waals surface area contributed by atoms with Gasteiger partial charge in [0.15, 0.2) is 0 Å². The molecular weight excluding hydrogens is 222 g/mol. The summed E-state index contributed by atoms with van der Waals surface area (Å²) in [6.07, 6.45) is 4.07. The summed E-state index contributed by atoms with van der Waals surface area (Å²) < 4.78 is 5.71. The third kappa shape index (κ3) is 4.02. The van der Waals surface area contributed by atoms with Crippen molar-refractivity contribution in [3.8, 4) is 5.75 Å². The van der Waals surface area contributed by atoms with Gasteiger partial charge in [-0.25, -0.2) is 0 Å². The van der Waals surface area contributed by atoms with Crippen LogP contribution in [0.15, 0.2) is 24.3 Å². The van der Waals surface area contributed by atoms with E-state index < -0.39 is 0 Å². The van der Waals surface area contributed by atoms with Crippen LogP contribution in [0.3, 0.4) is 0 Å². The molecule has 1 aliphatic carbocycles. The molecule has 0 atom stereocenters. The Bertz CT molecular complexity index is 360. The topological polar surface area (TPSA) is 12.5 Å². The monoisotopic (exact) mass is 247 g/mol. The molecule has 0 amide bonds. The van der Waals surface area contributed by atoms with Crippen molar-refractivity contribution in [2.45, 2.75) is 39.7 Å². The highest BCUT2D eigenvalue weighted by atomic mass is 16.5. The van der Waals surface area contributed by atoms with E-state index in [4.69, 9.17) is 4.74 Å². The van der Waals surface area contributed by atoms with Crippen molar-refractivity contribution in [2.24, 2.45) is 5.92 Å². The Morgan fingerprint density at radius 3 is 2.67 bits per heavy atom. The summed E-state index contributed by atoms with van der Waals surface area (Å²) in [7, 11) is 0. The lowest BCUT2D eigenvalue weighted by Crippen LogP contribution is -2.26. The number of ether oxygens (including phenoxy) is 1. The Kier molecular flexibility index (Phi) is 5.06. The molecule has 1 fully saturated rings. The minimum Gasteiger partial charge on any atom is -0.494 e. The van der Waals surface area contributed by atoms with E-state index in [-0.39, 0.29) is 0 Å². The van der Waals surface area contributed by atoms with Crippen LogP contribution < -0.4 is 4.74 Å². The summed E-state index contributed by atoms with van der Waals surface area (Å²) in [4.78, 5) is 2.58. The van der Waals surface area contributed by atoms with Crippen LogP contribution in [0.25, 0.3) is 0 Å². The van der Waals surface area contributed by atoms with Gasteiger partial charge in [0.05, 0.1) is 6.61 Å². The van der Waals surface area contributed by atoms with Crippen molar-refractivity contribution >= 4 is 0 Å². The molecule has 2 heteroatoms. The van der Waals surface area contributed by atoms with E-state index in [0.717, 1.165) is 24.8 Å². The molecule has 1 aliphatic rings. The largest absolute Gasteiger partial charge is 0.494 e. The molecule has 1 aromatic rings. The van der Waals surface area contributed by atoms with Gasteiger partial charge < -0.3 is 4.74 Å². The van der Waals surface area contributed by atoms with Crippen molar-refractivity contribution in [3.63, 3.8) is 0 Å². The molecule has 1 aromatic carbocycles. The molecule has 0 N–H and O–H groups in total. The maximum Gasteiger partial charge on any atom is 0.123 e. The maximum atomic E-state index is 5.71. The molecule has 1 saturated carbocycles. The predicted molar refractivity (Wildman–Crippen MR) is 75.9 cm³/mol. The Morgan fingerprint density at radius 2 is 2.00 bits per heavy atom. The van der Waals surface area contributed by atoms with Crippen molar-refractivity contribution < 1.29 is 4.74 Å². The van der Waals surface area contributed by atoms with E-state index in [9.17, 15) is 0 Å². The lowest BCUT2D eigenvalue weighted by atomic mass is 10.1. The van der Waals surface area contributed by atoms with Crippen molar-refractivity contribution in [1.29, 1.82) is 0 Å². The smallest absolute Gasteiger partial charge is 0.123 e. The van der Waals surface area contributed by atoms with Gasteiger partial charge in [-0.15, -0.1) is 0 Å². The van der Waals surface area contributed by atoms with Gasteiger partial charge in [0.1, 0.15) is 5.75 Å². The first-order valence-corrected chi connectivity index (χ1v) is 7.26. The molecule has 2 rings (SSSR count). The van der Waals surface area contributed by atoms with Gasteiger partial charge in [-0.1, -0.05) is 25.1 Å². The third-order valence-corrected chi connectivity index (χ3v) is 3.42. The van der Waals surface area contributed by atoms with E-state index in [1.165, 1.54) is 37.9 Å². The Balaban J connectivity index is 1.99. The summed E-state index contributed by atoms with van der Waals surface area (Å²) in [5, 5.41) is 0. The number of nitrogens with zero attached hydrogens (tertiary/aromatic N) is 1. The van der Waals surface area contributed by atoms with Crippen molar-refractivity contribution in [1.82, 2.24) is 4.90 Å². The fraction of sp³-hybridized carbons (Fsp3) is 0.625. The molecule has 18 heavy (non-hydrogen) atoms. The molecule has 0 aromatic heterocycles. The fourth-order valence-corrected chi connectivity index (χ4v) is 2.39. The minimum absolute atomic E-state index is 0.743. The fourth-order valence-electron chi connectivity index (χ4n) is 2.39. The number of benzene rings is 1. The second-order valence-electron chi connectivity index (χ2n) is 5.22. The third-order valence-electron chi connectivity index (χ3n) is 3.42. The van der Waals surface area contributed by atoms with Crippen LogP contribution in [0.4, 0.5) is 0 Å². The van der Waals surface area contributed by atoms with Crippen LogP contribution in [-0.2, 0) is 6.54 Å². The highest BCUT2D eigenvalue weighted by Crippen LogP contribution is 2.31. The first-order chi connectivity index (χ1) is 8.83. The zero-order valence-corrected chi connectivity index (χ0v) is 11.7. The number of hydrogen-bond acceptors (Lipinski definition) is 2. The predicted octanol–water partition coefficient (Wildman–Crippen LogP) is 3.71. The van der Waals surface area contributed by atoms with Gasteiger partial charge in [-0.2, -0.15) is 0 Å². The van der Waals surface area contributed by atoms with Gasteiger partial charge in [0.25, 0.3) is 0 Å². The molecule has 0 radical (unpaired) electrons. The lowest BCUT2D eigenvalue weighted by Gasteiger charge is -2.22. The Labute approximate surface area is 111 Å². The number of para-hydroxylation sites is 1. The van der Waals surface area contributed by atoms with Gasteiger partial charge in [0.2, 0.25) is 0 Å². The van der Waals surface area contributed by atoms with Crippen LogP contribution in [0, 0.1) is 5.92 Å². The van der Waals surface area contributed by atoms with E-state index in [2.05, 4.69) is 36.1 Å². The summed E-state index contributed by atoms with van der Waals surface area (Å²) in [6.45, 7) is 8.53. The molecule has 0 bridgehead atoms. The minimum atomic E-state index is 0.743. The molecule has 100 valence electrons.